The lowest BCUT2D eigenvalue weighted by atomic mass is 10.0. The van der Waals surface area contributed by atoms with Crippen LogP contribution >= 0.6 is 0 Å². The number of benzene rings is 1. The fourth-order valence-electron chi connectivity index (χ4n) is 2.82. The van der Waals surface area contributed by atoms with Crippen molar-refractivity contribution in [3.05, 3.63) is 29.3 Å². The van der Waals surface area contributed by atoms with Gasteiger partial charge in [-0.05, 0) is 37.5 Å². The van der Waals surface area contributed by atoms with Gasteiger partial charge in [0.15, 0.2) is 0 Å². The van der Waals surface area contributed by atoms with Crippen LogP contribution in [0.1, 0.15) is 43.7 Å². The largest absolute Gasteiger partial charge is 0.418 e. The van der Waals surface area contributed by atoms with Gasteiger partial charge in [-0.3, -0.25) is 0 Å². The number of nitrogens with two attached hydrogens (primary N) is 1. The zero-order chi connectivity index (χ0) is 14.8. The molecule has 1 aromatic rings. The molecule has 1 saturated heterocycles. The molecule has 1 aliphatic rings. The zero-order valence-electron chi connectivity index (χ0n) is 11.7. The molecule has 5 heteroatoms. The van der Waals surface area contributed by atoms with E-state index in [2.05, 4.69) is 0 Å². The number of nitrogens with zero attached hydrogens (tertiary/aromatic N) is 1. The van der Waals surface area contributed by atoms with E-state index in [1.165, 1.54) is 6.07 Å². The van der Waals surface area contributed by atoms with E-state index in [-0.39, 0.29) is 12.6 Å². The van der Waals surface area contributed by atoms with E-state index in [1.54, 1.807) is 12.1 Å². The summed E-state index contributed by atoms with van der Waals surface area (Å²) in [5, 5.41) is 0. The van der Waals surface area contributed by atoms with Crippen LogP contribution in [-0.2, 0) is 12.7 Å². The minimum absolute atomic E-state index is 0.124. The first-order valence-corrected chi connectivity index (χ1v) is 7.10. The molecule has 2 N–H and O–H groups in total. The van der Waals surface area contributed by atoms with Crippen LogP contribution < -0.4 is 10.6 Å². The van der Waals surface area contributed by atoms with E-state index >= 15 is 0 Å². The van der Waals surface area contributed by atoms with Crippen molar-refractivity contribution in [1.29, 1.82) is 0 Å². The van der Waals surface area contributed by atoms with E-state index in [1.807, 2.05) is 11.8 Å². The monoisotopic (exact) mass is 286 g/mol. The molecule has 0 aromatic heterocycles. The van der Waals surface area contributed by atoms with E-state index in [0.29, 0.717) is 17.8 Å². The van der Waals surface area contributed by atoms with Crippen molar-refractivity contribution >= 4 is 5.69 Å². The molecule has 0 amide bonds. The predicted molar refractivity (Wildman–Crippen MR) is 74.6 cm³/mol. The van der Waals surface area contributed by atoms with Gasteiger partial charge < -0.3 is 10.6 Å². The van der Waals surface area contributed by atoms with Crippen LogP contribution in [0.5, 0.6) is 0 Å². The van der Waals surface area contributed by atoms with Crippen LogP contribution in [0.3, 0.4) is 0 Å². The minimum Gasteiger partial charge on any atom is -0.368 e. The molecule has 0 aliphatic carbocycles. The quantitative estimate of drug-likeness (QED) is 0.892. The molecule has 1 aliphatic heterocycles. The molecule has 112 valence electrons. The van der Waals surface area contributed by atoms with Gasteiger partial charge in [0.2, 0.25) is 0 Å². The van der Waals surface area contributed by atoms with E-state index < -0.39 is 11.7 Å². The fraction of sp³-hybridized carbons (Fsp3) is 0.600. The summed E-state index contributed by atoms with van der Waals surface area (Å²) in [6, 6.07) is 4.60. The molecule has 2 rings (SSSR count). The third kappa shape index (κ3) is 3.26. The number of halogens is 3. The van der Waals surface area contributed by atoms with Crippen LogP contribution in [0.15, 0.2) is 18.2 Å². The lowest BCUT2D eigenvalue weighted by Crippen LogP contribution is -2.34. The van der Waals surface area contributed by atoms with Crippen LogP contribution in [0.4, 0.5) is 18.9 Å². The molecule has 0 spiro atoms. The molecule has 1 unspecified atom stereocenters. The molecule has 1 atom stereocenters. The van der Waals surface area contributed by atoms with Crippen LogP contribution in [0.25, 0.3) is 0 Å². The Bertz CT molecular complexity index is 457. The first kappa shape index (κ1) is 15.2. The van der Waals surface area contributed by atoms with Crippen molar-refractivity contribution in [2.75, 3.05) is 11.4 Å². The highest BCUT2D eigenvalue weighted by molar-refractivity contribution is 5.57. The second-order valence-corrected chi connectivity index (χ2v) is 5.45. The highest BCUT2D eigenvalue weighted by Crippen LogP contribution is 2.39. The van der Waals surface area contributed by atoms with E-state index in [9.17, 15) is 13.2 Å². The van der Waals surface area contributed by atoms with Gasteiger partial charge in [0.25, 0.3) is 0 Å². The van der Waals surface area contributed by atoms with Gasteiger partial charge in [-0.2, -0.15) is 13.2 Å². The maximum Gasteiger partial charge on any atom is 0.418 e. The van der Waals surface area contributed by atoms with Gasteiger partial charge in [0.05, 0.1) is 5.56 Å². The smallest absolute Gasteiger partial charge is 0.368 e. The molecule has 0 bridgehead atoms. The first-order chi connectivity index (χ1) is 9.43. The van der Waals surface area contributed by atoms with Gasteiger partial charge in [-0.1, -0.05) is 18.9 Å². The number of hydrogen-bond donors (Lipinski definition) is 1. The Balaban J connectivity index is 2.43. The maximum atomic E-state index is 13.3. The second kappa shape index (κ2) is 6.04. The summed E-state index contributed by atoms with van der Waals surface area (Å²) in [5.41, 5.74) is 5.71. The molecule has 0 radical (unpaired) electrons. The molecule has 2 nitrogen and oxygen atoms in total. The Kier molecular flexibility index (Phi) is 4.58. The van der Waals surface area contributed by atoms with Crippen molar-refractivity contribution in [3.8, 4) is 0 Å². The third-order valence-electron chi connectivity index (χ3n) is 3.96. The third-order valence-corrected chi connectivity index (χ3v) is 3.96. The van der Waals surface area contributed by atoms with Crippen molar-refractivity contribution < 1.29 is 13.2 Å². The summed E-state index contributed by atoms with van der Waals surface area (Å²) in [7, 11) is 0. The number of anilines is 1. The molecule has 1 aromatic carbocycles. The normalized spacial score (nSPS) is 20.9. The van der Waals surface area contributed by atoms with E-state index in [0.717, 1.165) is 25.7 Å². The fourth-order valence-corrected chi connectivity index (χ4v) is 2.82. The van der Waals surface area contributed by atoms with Crippen molar-refractivity contribution in [2.45, 2.75) is 51.4 Å². The number of hydrogen-bond acceptors (Lipinski definition) is 2. The van der Waals surface area contributed by atoms with Gasteiger partial charge >= 0.3 is 6.18 Å². The highest BCUT2D eigenvalue weighted by Gasteiger charge is 2.36. The first-order valence-electron chi connectivity index (χ1n) is 7.10. The molecule has 1 heterocycles. The molecule has 0 saturated carbocycles. The van der Waals surface area contributed by atoms with Crippen molar-refractivity contribution in [2.24, 2.45) is 5.73 Å². The average molecular weight is 286 g/mol. The Hall–Kier alpha value is -1.23. The lowest BCUT2D eigenvalue weighted by Gasteiger charge is -2.32. The van der Waals surface area contributed by atoms with Crippen molar-refractivity contribution in [3.63, 3.8) is 0 Å². The van der Waals surface area contributed by atoms with Gasteiger partial charge in [-0.25, -0.2) is 0 Å². The van der Waals surface area contributed by atoms with Crippen LogP contribution in [0, 0.1) is 0 Å². The summed E-state index contributed by atoms with van der Waals surface area (Å²) in [5.74, 6) is 0. The van der Waals surface area contributed by atoms with Gasteiger partial charge in [-0.15, -0.1) is 0 Å². The Morgan fingerprint density at radius 1 is 1.25 bits per heavy atom. The lowest BCUT2D eigenvalue weighted by molar-refractivity contribution is -0.137. The average Bonchev–Trinajstić information content (AvgIpc) is 2.62. The summed E-state index contributed by atoms with van der Waals surface area (Å²) in [6.45, 7) is 2.81. The Labute approximate surface area is 117 Å². The molecule has 20 heavy (non-hydrogen) atoms. The maximum absolute atomic E-state index is 13.3. The standard InChI is InChI=1S/C15H21F3N2/c1-11-5-3-2-4-8-20(11)14-7-6-12(10-19)9-13(14)15(16,17)18/h6-7,9,11H,2-5,8,10,19H2,1H3. The van der Waals surface area contributed by atoms with Gasteiger partial charge in [0.1, 0.15) is 0 Å². The van der Waals surface area contributed by atoms with Gasteiger partial charge in [0, 0.05) is 24.8 Å². The van der Waals surface area contributed by atoms with Crippen molar-refractivity contribution in [1.82, 2.24) is 0 Å². The summed E-state index contributed by atoms with van der Waals surface area (Å²) in [4.78, 5) is 1.90. The Morgan fingerprint density at radius 2 is 2.00 bits per heavy atom. The van der Waals surface area contributed by atoms with Crippen LogP contribution in [-0.4, -0.2) is 12.6 Å². The van der Waals surface area contributed by atoms with E-state index in [4.69, 9.17) is 5.73 Å². The number of alkyl halides is 3. The molecule has 1 fully saturated rings. The molecular formula is C15H21F3N2. The topological polar surface area (TPSA) is 29.3 Å². The predicted octanol–water partition coefficient (Wildman–Crippen LogP) is 3.93. The highest BCUT2D eigenvalue weighted by atomic mass is 19.4. The molecular weight excluding hydrogens is 265 g/mol. The zero-order valence-corrected chi connectivity index (χ0v) is 11.7. The summed E-state index contributed by atoms with van der Waals surface area (Å²) < 4.78 is 39.8. The Morgan fingerprint density at radius 3 is 2.65 bits per heavy atom. The minimum atomic E-state index is -4.34. The summed E-state index contributed by atoms with van der Waals surface area (Å²) >= 11 is 0. The van der Waals surface area contributed by atoms with Crippen LogP contribution in [0.2, 0.25) is 0 Å². The summed E-state index contributed by atoms with van der Waals surface area (Å²) in [6.07, 6.45) is -0.286. The second-order valence-electron chi connectivity index (χ2n) is 5.45. The SMILES string of the molecule is CC1CCCCCN1c1ccc(CN)cc1C(F)(F)F. The number of rotatable bonds is 2.